The number of rotatable bonds is 7. The van der Waals surface area contributed by atoms with E-state index in [9.17, 15) is 15.3 Å². The molecule has 3 aromatic rings. The summed E-state index contributed by atoms with van der Waals surface area (Å²) < 4.78 is 0. The summed E-state index contributed by atoms with van der Waals surface area (Å²) in [4.78, 5) is 16.7. The average molecular weight is 456 g/mol. The van der Waals surface area contributed by atoms with Crippen molar-refractivity contribution in [3.8, 4) is 23.3 Å². The number of aromatic nitrogens is 1. The summed E-state index contributed by atoms with van der Waals surface area (Å²) >= 11 is 1.28. The molecule has 0 unspecified atom stereocenters. The maximum absolute atomic E-state index is 12.4. The van der Waals surface area contributed by atoms with Gasteiger partial charge in [-0.1, -0.05) is 37.3 Å². The van der Waals surface area contributed by atoms with Gasteiger partial charge in [-0.25, -0.2) is 4.98 Å². The number of nitriles is 2. The normalized spacial score (nSPS) is 10.3. The van der Waals surface area contributed by atoms with E-state index in [-0.39, 0.29) is 23.7 Å². The highest BCUT2D eigenvalue weighted by Gasteiger charge is 2.20. The molecule has 0 radical (unpaired) electrons. The predicted octanol–water partition coefficient (Wildman–Crippen LogP) is 5.37. The number of aryl methyl sites for hydroxylation is 3. The van der Waals surface area contributed by atoms with Crippen molar-refractivity contribution in [2.75, 3.05) is 16.8 Å². The first-order valence-corrected chi connectivity index (χ1v) is 11.6. The van der Waals surface area contributed by atoms with Crippen molar-refractivity contribution in [2.45, 2.75) is 38.6 Å². The Balaban J connectivity index is 1.81. The fourth-order valence-electron chi connectivity index (χ4n) is 3.38. The molecular weight excluding hydrogens is 430 g/mol. The van der Waals surface area contributed by atoms with E-state index in [4.69, 9.17) is 5.73 Å². The summed E-state index contributed by atoms with van der Waals surface area (Å²) in [6.07, 6.45) is 1.13. The van der Waals surface area contributed by atoms with Gasteiger partial charge in [0.05, 0.1) is 5.56 Å². The molecule has 0 atom stereocenters. The number of thioether (sulfide) groups is 1. The van der Waals surface area contributed by atoms with Crippen LogP contribution in [0.1, 0.15) is 41.2 Å². The number of carbonyl (C=O) groups excluding carboxylic acids is 1. The highest BCUT2D eigenvalue weighted by molar-refractivity contribution is 7.99. The van der Waals surface area contributed by atoms with Gasteiger partial charge in [0.15, 0.2) is 0 Å². The number of amides is 1. The largest absolute Gasteiger partial charge is 0.383 e. The van der Waals surface area contributed by atoms with Gasteiger partial charge in [0, 0.05) is 23.4 Å². The minimum atomic E-state index is -0.124. The van der Waals surface area contributed by atoms with Gasteiger partial charge in [-0.2, -0.15) is 10.5 Å². The monoisotopic (exact) mass is 455 g/mol. The zero-order chi connectivity index (χ0) is 24.0. The number of hydrogen-bond donors (Lipinski definition) is 2. The van der Waals surface area contributed by atoms with E-state index in [1.165, 1.54) is 11.8 Å². The van der Waals surface area contributed by atoms with Crippen molar-refractivity contribution in [1.29, 1.82) is 10.5 Å². The Bertz CT molecular complexity index is 1270. The van der Waals surface area contributed by atoms with Crippen molar-refractivity contribution in [3.63, 3.8) is 0 Å². The lowest BCUT2D eigenvalue weighted by Crippen LogP contribution is -2.12. The molecular formula is C26H25N5OS. The molecule has 0 saturated heterocycles. The summed E-state index contributed by atoms with van der Waals surface area (Å²) in [6, 6.07) is 17.8. The Kier molecular flexibility index (Phi) is 7.71. The molecule has 2 aromatic carbocycles. The highest BCUT2D eigenvalue weighted by atomic mass is 32.2. The Labute approximate surface area is 198 Å². The van der Waals surface area contributed by atoms with Crippen molar-refractivity contribution >= 4 is 29.2 Å². The summed E-state index contributed by atoms with van der Waals surface area (Å²) in [7, 11) is 0. The first-order chi connectivity index (χ1) is 15.9. The smallest absolute Gasteiger partial charge is 0.225 e. The van der Waals surface area contributed by atoms with Crippen LogP contribution in [0, 0.1) is 36.5 Å². The van der Waals surface area contributed by atoms with E-state index < -0.39 is 0 Å². The molecule has 166 valence electrons. The molecule has 7 heteroatoms. The zero-order valence-corrected chi connectivity index (χ0v) is 19.7. The zero-order valence-electron chi connectivity index (χ0n) is 18.9. The fraction of sp³-hybridized carbons (Fsp3) is 0.231. The lowest BCUT2D eigenvalue weighted by Gasteiger charge is -2.13. The molecule has 1 amide bonds. The van der Waals surface area contributed by atoms with E-state index >= 15 is 0 Å². The van der Waals surface area contributed by atoms with E-state index in [1.54, 1.807) is 0 Å². The number of nitrogen functional groups attached to an aromatic ring is 1. The number of nitrogens with two attached hydrogens (primary N) is 1. The minimum absolute atomic E-state index is 0.0770. The number of carbonyl (C=O) groups is 1. The van der Waals surface area contributed by atoms with Crippen molar-refractivity contribution in [2.24, 2.45) is 0 Å². The molecule has 0 fully saturated rings. The second-order valence-electron chi connectivity index (χ2n) is 7.65. The van der Waals surface area contributed by atoms with Crippen LogP contribution in [-0.4, -0.2) is 16.6 Å². The van der Waals surface area contributed by atoms with E-state index in [0.717, 1.165) is 34.4 Å². The molecule has 0 aliphatic heterocycles. The molecule has 3 rings (SSSR count). The third-order valence-electron chi connectivity index (χ3n) is 5.43. The fourth-order valence-corrected chi connectivity index (χ4v) is 4.32. The molecule has 6 nitrogen and oxygen atoms in total. The number of hydrogen-bond acceptors (Lipinski definition) is 6. The first-order valence-electron chi connectivity index (χ1n) is 10.6. The summed E-state index contributed by atoms with van der Waals surface area (Å²) in [5.41, 5.74) is 12.0. The number of nitrogens with zero attached hydrogens (tertiary/aromatic N) is 3. The second kappa shape index (κ2) is 10.7. The van der Waals surface area contributed by atoms with Gasteiger partial charge in [-0.15, -0.1) is 11.8 Å². The maximum atomic E-state index is 12.4. The lowest BCUT2D eigenvalue weighted by atomic mass is 9.96. The molecule has 1 aromatic heterocycles. The molecule has 0 aliphatic carbocycles. The quantitative estimate of drug-likeness (QED) is 0.463. The van der Waals surface area contributed by atoms with Crippen LogP contribution in [0.3, 0.4) is 0 Å². The van der Waals surface area contributed by atoms with Crippen LogP contribution in [-0.2, 0) is 11.2 Å². The summed E-state index contributed by atoms with van der Waals surface area (Å²) in [5, 5.41) is 22.9. The molecule has 3 N–H and O–H groups in total. The Morgan fingerprint density at radius 1 is 1.06 bits per heavy atom. The maximum Gasteiger partial charge on any atom is 0.225 e. The van der Waals surface area contributed by atoms with Crippen LogP contribution >= 0.6 is 11.8 Å². The SMILES string of the molecule is CCc1ccc(-c2c(C#N)c(N)nc(SCCC(=O)Nc3ccc(C)c(C)c3)c2C#N)cc1. The van der Waals surface area contributed by atoms with Crippen molar-refractivity contribution in [3.05, 3.63) is 70.3 Å². The Morgan fingerprint density at radius 3 is 2.36 bits per heavy atom. The third-order valence-corrected chi connectivity index (χ3v) is 6.40. The topological polar surface area (TPSA) is 116 Å². The van der Waals surface area contributed by atoms with Crippen LogP contribution in [0.15, 0.2) is 47.5 Å². The number of anilines is 2. The van der Waals surface area contributed by atoms with Gasteiger partial charge in [0.1, 0.15) is 28.5 Å². The molecule has 1 heterocycles. The minimum Gasteiger partial charge on any atom is -0.383 e. The van der Waals surface area contributed by atoms with Gasteiger partial charge < -0.3 is 11.1 Å². The van der Waals surface area contributed by atoms with Gasteiger partial charge >= 0.3 is 0 Å². The molecule has 0 saturated carbocycles. The van der Waals surface area contributed by atoms with Crippen LogP contribution in [0.2, 0.25) is 0 Å². The Hall–Kier alpha value is -3.81. The van der Waals surface area contributed by atoms with Crippen LogP contribution in [0.4, 0.5) is 11.5 Å². The van der Waals surface area contributed by atoms with Gasteiger partial charge in [-0.3, -0.25) is 4.79 Å². The van der Waals surface area contributed by atoms with Gasteiger partial charge in [-0.05, 0) is 54.7 Å². The van der Waals surface area contributed by atoms with Gasteiger partial charge in [0.25, 0.3) is 0 Å². The summed E-state index contributed by atoms with van der Waals surface area (Å²) in [6.45, 7) is 6.08. The lowest BCUT2D eigenvalue weighted by molar-refractivity contribution is -0.115. The number of benzene rings is 2. The molecule has 0 aliphatic rings. The highest BCUT2D eigenvalue weighted by Crippen LogP contribution is 2.36. The van der Waals surface area contributed by atoms with E-state index in [0.29, 0.717) is 21.9 Å². The van der Waals surface area contributed by atoms with Crippen molar-refractivity contribution < 1.29 is 4.79 Å². The van der Waals surface area contributed by atoms with Gasteiger partial charge in [0.2, 0.25) is 5.91 Å². The second-order valence-corrected chi connectivity index (χ2v) is 8.73. The van der Waals surface area contributed by atoms with Crippen LogP contribution in [0.25, 0.3) is 11.1 Å². The van der Waals surface area contributed by atoms with Crippen LogP contribution in [0.5, 0.6) is 0 Å². The predicted molar refractivity (Wildman–Crippen MR) is 133 cm³/mol. The van der Waals surface area contributed by atoms with Crippen molar-refractivity contribution in [1.82, 2.24) is 4.98 Å². The number of pyridine rings is 1. The standard InChI is InChI=1S/C26H25N5OS/c1-4-18-6-8-19(9-7-18)24-21(14-27)25(29)31-26(22(24)15-28)33-12-11-23(32)30-20-10-5-16(2)17(3)13-20/h5-10,13H,4,11-12H2,1-3H3,(H2,29,31)(H,30,32). The number of nitrogens with one attached hydrogen (secondary N) is 1. The first kappa shape index (κ1) is 23.8. The molecule has 0 spiro atoms. The molecule has 0 bridgehead atoms. The average Bonchev–Trinajstić information content (AvgIpc) is 2.81. The Morgan fingerprint density at radius 2 is 1.76 bits per heavy atom. The van der Waals surface area contributed by atoms with E-state index in [2.05, 4.69) is 29.4 Å². The van der Waals surface area contributed by atoms with E-state index in [1.807, 2.05) is 56.3 Å². The molecule has 33 heavy (non-hydrogen) atoms. The third kappa shape index (κ3) is 5.52. The van der Waals surface area contributed by atoms with Crippen LogP contribution < -0.4 is 11.1 Å². The summed E-state index contributed by atoms with van der Waals surface area (Å²) in [5.74, 6) is 0.368.